The Morgan fingerprint density at radius 1 is 1.32 bits per heavy atom. The summed E-state index contributed by atoms with van der Waals surface area (Å²) >= 11 is 0. The van der Waals surface area contributed by atoms with E-state index in [1.165, 1.54) is 17.5 Å². The molecule has 0 bridgehead atoms. The molecule has 3 rings (SSSR count). The van der Waals surface area contributed by atoms with Gasteiger partial charge in [0.1, 0.15) is 16.5 Å². The van der Waals surface area contributed by atoms with Crippen molar-refractivity contribution >= 4 is 21.7 Å². The van der Waals surface area contributed by atoms with E-state index in [1.807, 2.05) is 6.07 Å². The number of nitrogens with one attached hydrogen (secondary N) is 1. The van der Waals surface area contributed by atoms with Crippen LogP contribution >= 0.6 is 0 Å². The molecule has 0 radical (unpaired) electrons. The summed E-state index contributed by atoms with van der Waals surface area (Å²) in [6.07, 6.45) is 0.239. The van der Waals surface area contributed by atoms with Gasteiger partial charge in [-0.05, 0) is 24.6 Å². The second-order valence-corrected chi connectivity index (χ2v) is 8.94. The molecule has 1 aliphatic rings. The van der Waals surface area contributed by atoms with Gasteiger partial charge in [0, 0.05) is 19.2 Å². The van der Waals surface area contributed by atoms with Gasteiger partial charge in [-0.2, -0.15) is 14.7 Å². The topological polar surface area (TPSA) is 127 Å². The molecule has 1 N–H and O–H groups in total. The molecule has 1 fully saturated rings. The first-order chi connectivity index (χ1) is 14.8. The molecule has 1 saturated heterocycles. The highest BCUT2D eigenvalue weighted by Crippen LogP contribution is 2.28. The number of sulfonamides is 1. The summed E-state index contributed by atoms with van der Waals surface area (Å²) in [6.45, 7) is 3.37. The molecule has 0 spiro atoms. The van der Waals surface area contributed by atoms with Crippen LogP contribution in [0.4, 0.5) is 5.82 Å². The zero-order valence-corrected chi connectivity index (χ0v) is 18.3. The van der Waals surface area contributed by atoms with Crippen molar-refractivity contribution in [2.45, 2.75) is 31.2 Å². The van der Waals surface area contributed by atoms with Gasteiger partial charge < -0.3 is 14.8 Å². The first-order valence-corrected chi connectivity index (χ1v) is 11.2. The number of methoxy groups -OCH3 is 1. The van der Waals surface area contributed by atoms with Crippen LogP contribution in [0.2, 0.25) is 0 Å². The third-order valence-electron chi connectivity index (χ3n) is 4.79. The van der Waals surface area contributed by atoms with Gasteiger partial charge in [-0.15, -0.1) is 0 Å². The van der Waals surface area contributed by atoms with Crippen LogP contribution in [-0.2, 0) is 32.5 Å². The number of aromatic nitrogens is 2. The van der Waals surface area contributed by atoms with Crippen LogP contribution in [0.25, 0.3) is 0 Å². The highest BCUT2D eigenvalue weighted by molar-refractivity contribution is 7.89. The van der Waals surface area contributed by atoms with Crippen molar-refractivity contribution in [2.24, 2.45) is 0 Å². The lowest BCUT2D eigenvalue weighted by Gasteiger charge is -2.26. The molecule has 2 heterocycles. The van der Waals surface area contributed by atoms with Crippen molar-refractivity contribution in [1.82, 2.24) is 14.1 Å². The maximum Gasteiger partial charge on any atom is 0.246 e. The number of morpholine rings is 1. The van der Waals surface area contributed by atoms with Gasteiger partial charge in [0.2, 0.25) is 15.9 Å². The Kier molecular flexibility index (Phi) is 7.27. The number of hydrogen-bond donors (Lipinski definition) is 1. The molecular weight excluding hydrogens is 422 g/mol. The molecule has 0 aliphatic carbocycles. The zero-order chi connectivity index (χ0) is 22.4. The van der Waals surface area contributed by atoms with E-state index in [1.54, 1.807) is 29.8 Å². The third-order valence-corrected chi connectivity index (χ3v) is 6.71. The summed E-state index contributed by atoms with van der Waals surface area (Å²) in [5.41, 5.74) is 1.25. The normalized spacial score (nSPS) is 14.7. The zero-order valence-electron chi connectivity index (χ0n) is 17.5. The number of hydrogen-bond acceptors (Lipinski definition) is 7. The van der Waals surface area contributed by atoms with Crippen LogP contribution in [-0.4, -0.2) is 61.8 Å². The number of anilines is 1. The molecule has 0 unspecified atom stereocenters. The van der Waals surface area contributed by atoms with E-state index in [0.29, 0.717) is 31.1 Å². The lowest BCUT2D eigenvalue weighted by molar-refractivity contribution is -0.115. The number of nitrogens with zero attached hydrogens (tertiary/aromatic N) is 4. The number of ether oxygens (including phenoxy) is 2. The van der Waals surface area contributed by atoms with Gasteiger partial charge in [0.15, 0.2) is 0 Å². The van der Waals surface area contributed by atoms with E-state index in [-0.39, 0.29) is 42.5 Å². The van der Waals surface area contributed by atoms with Crippen LogP contribution in [0.5, 0.6) is 5.75 Å². The highest BCUT2D eigenvalue weighted by Gasteiger charge is 2.29. The fraction of sp³-hybridized carbons (Fsp3) is 0.450. The number of carbonyl (C=O) groups excluding carboxylic acids is 1. The minimum Gasteiger partial charge on any atom is -0.495 e. The standard InChI is InChI=1S/C20H25N5O5S/c1-15-12-19(25(23-15)7-3-6-21)22-20(26)14-16-4-5-17(29-2)18(13-16)31(27,28)24-8-10-30-11-9-24/h4-5,12-13H,3,7-11,14H2,1-2H3,(H,22,26). The monoisotopic (exact) mass is 447 g/mol. The van der Waals surface area contributed by atoms with Gasteiger partial charge in [0.05, 0.1) is 51.5 Å². The average Bonchev–Trinajstić information content (AvgIpc) is 3.11. The van der Waals surface area contributed by atoms with Crippen molar-refractivity contribution in [1.29, 1.82) is 5.26 Å². The number of rotatable bonds is 8. The minimum absolute atomic E-state index is 0.0251. The van der Waals surface area contributed by atoms with Crippen LogP contribution in [0.3, 0.4) is 0 Å². The maximum absolute atomic E-state index is 13.1. The molecule has 1 aliphatic heterocycles. The molecule has 11 heteroatoms. The summed E-state index contributed by atoms with van der Waals surface area (Å²) in [5, 5.41) is 15.8. The van der Waals surface area contributed by atoms with Crippen LogP contribution in [0.1, 0.15) is 17.7 Å². The van der Waals surface area contributed by atoms with E-state index in [2.05, 4.69) is 10.4 Å². The van der Waals surface area contributed by atoms with Crippen LogP contribution in [0.15, 0.2) is 29.2 Å². The molecule has 1 aromatic heterocycles. The average molecular weight is 448 g/mol. The molecular formula is C20H25N5O5S. The quantitative estimate of drug-likeness (QED) is 0.646. The number of benzene rings is 1. The second-order valence-electron chi connectivity index (χ2n) is 7.03. The van der Waals surface area contributed by atoms with Crippen molar-refractivity contribution in [2.75, 3.05) is 38.7 Å². The molecule has 0 saturated carbocycles. The maximum atomic E-state index is 13.1. The number of aryl methyl sites for hydroxylation is 2. The summed E-state index contributed by atoms with van der Waals surface area (Å²) < 4.78 is 39.6. The minimum atomic E-state index is -3.78. The predicted octanol–water partition coefficient (Wildman–Crippen LogP) is 1.32. The van der Waals surface area contributed by atoms with E-state index in [4.69, 9.17) is 14.7 Å². The first-order valence-electron chi connectivity index (χ1n) is 9.81. The van der Waals surface area contributed by atoms with Crippen LogP contribution < -0.4 is 10.1 Å². The highest BCUT2D eigenvalue weighted by atomic mass is 32.2. The van der Waals surface area contributed by atoms with Gasteiger partial charge >= 0.3 is 0 Å². The van der Waals surface area contributed by atoms with Gasteiger partial charge in [0.25, 0.3) is 0 Å². The Bertz CT molecular complexity index is 1080. The smallest absolute Gasteiger partial charge is 0.246 e. The summed E-state index contributed by atoms with van der Waals surface area (Å²) in [7, 11) is -2.38. The van der Waals surface area contributed by atoms with E-state index in [9.17, 15) is 13.2 Å². The third kappa shape index (κ3) is 5.41. The lowest BCUT2D eigenvalue weighted by atomic mass is 10.1. The summed E-state index contributed by atoms with van der Waals surface area (Å²) in [4.78, 5) is 12.6. The molecule has 1 aromatic carbocycles. The number of nitriles is 1. The molecule has 10 nitrogen and oxygen atoms in total. The van der Waals surface area contributed by atoms with Crippen molar-refractivity contribution in [3.05, 3.63) is 35.5 Å². The Morgan fingerprint density at radius 2 is 2.06 bits per heavy atom. The number of carbonyl (C=O) groups is 1. The fourth-order valence-corrected chi connectivity index (χ4v) is 4.92. The number of amides is 1. The largest absolute Gasteiger partial charge is 0.495 e. The Labute approximate surface area is 181 Å². The van der Waals surface area contributed by atoms with E-state index in [0.717, 1.165) is 5.69 Å². The van der Waals surface area contributed by atoms with E-state index >= 15 is 0 Å². The van der Waals surface area contributed by atoms with Crippen molar-refractivity contribution in [3.63, 3.8) is 0 Å². The molecule has 166 valence electrons. The molecule has 0 atom stereocenters. The molecule has 2 aromatic rings. The first kappa shape index (κ1) is 22.7. The SMILES string of the molecule is COc1ccc(CC(=O)Nc2cc(C)nn2CCC#N)cc1S(=O)(=O)N1CCOCC1. The van der Waals surface area contributed by atoms with Gasteiger partial charge in [-0.25, -0.2) is 13.1 Å². The Morgan fingerprint density at radius 3 is 2.74 bits per heavy atom. The Hall–Kier alpha value is -2.94. The van der Waals surface area contributed by atoms with Crippen LogP contribution in [0, 0.1) is 18.3 Å². The van der Waals surface area contributed by atoms with Crippen molar-refractivity contribution < 1.29 is 22.7 Å². The van der Waals surface area contributed by atoms with Crippen molar-refractivity contribution in [3.8, 4) is 11.8 Å². The fourth-order valence-electron chi connectivity index (χ4n) is 3.30. The Balaban J connectivity index is 1.79. The van der Waals surface area contributed by atoms with Gasteiger partial charge in [-0.1, -0.05) is 6.07 Å². The lowest BCUT2D eigenvalue weighted by Crippen LogP contribution is -2.40. The summed E-state index contributed by atoms with van der Waals surface area (Å²) in [6, 6.07) is 8.46. The summed E-state index contributed by atoms with van der Waals surface area (Å²) in [5.74, 6) is 0.395. The van der Waals surface area contributed by atoms with E-state index < -0.39 is 10.0 Å². The second kappa shape index (κ2) is 9.91. The van der Waals surface area contributed by atoms with Gasteiger partial charge in [-0.3, -0.25) is 4.79 Å². The predicted molar refractivity (Wildman–Crippen MR) is 112 cm³/mol. The molecule has 31 heavy (non-hydrogen) atoms. The molecule has 1 amide bonds.